The van der Waals surface area contributed by atoms with Crippen molar-refractivity contribution in [1.82, 2.24) is 4.90 Å². The van der Waals surface area contributed by atoms with E-state index in [2.05, 4.69) is 16.8 Å². The molecule has 2 N–H and O–H groups in total. The normalized spacial score (nSPS) is 28.1. The standard InChI is InChI=1S/C15H29N3O.HI/c1-13-6-5-10-18(12-13)15(16)17-9-4-8-14-7-2-3-11-19-14;/h13-14H,2-12H2,1H3,(H2,16,17);1H. The second kappa shape index (κ2) is 9.82. The van der Waals surface area contributed by atoms with Crippen molar-refractivity contribution >= 4 is 29.9 Å². The third-order valence-corrected chi connectivity index (χ3v) is 4.21. The molecule has 0 bridgehead atoms. The molecule has 5 heteroatoms. The predicted octanol–water partition coefficient (Wildman–Crippen LogP) is 3.00. The molecule has 2 saturated heterocycles. The van der Waals surface area contributed by atoms with Crippen LogP contribution in [0.25, 0.3) is 0 Å². The monoisotopic (exact) mass is 395 g/mol. The lowest BCUT2D eigenvalue weighted by Crippen LogP contribution is -2.43. The van der Waals surface area contributed by atoms with Crippen LogP contribution in [0.5, 0.6) is 0 Å². The Balaban J connectivity index is 0.00000200. The topological polar surface area (TPSA) is 50.8 Å². The number of nitrogens with zero attached hydrogens (tertiary/aromatic N) is 2. The van der Waals surface area contributed by atoms with Gasteiger partial charge in [-0.3, -0.25) is 4.99 Å². The van der Waals surface area contributed by atoms with Crippen LogP contribution in [-0.2, 0) is 4.74 Å². The first-order valence-electron chi connectivity index (χ1n) is 7.92. The van der Waals surface area contributed by atoms with E-state index in [-0.39, 0.29) is 24.0 Å². The zero-order chi connectivity index (χ0) is 13.5. The molecule has 0 aromatic carbocycles. The number of nitrogens with two attached hydrogens (primary N) is 1. The molecule has 4 nitrogen and oxygen atoms in total. The highest BCUT2D eigenvalue weighted by atomic mass is 127. The molecule has 0 saturated carbocycles. The highest BCUT2D eigenvalue weighted by molar-refractivity contribution is 14.0. The van der Waals surface area contributed by atoms with Crippen LogP contribution in [-0.4, -0.2) is 43.2 Å². The highest BCUT2D eigenvalue weighted by Gasteiger charge is 2.17. The number of rotatable bonds is 4. The largest absolute Gasteiger partial charge is 0.378 e. The molecule has 0 spiro atoms. The molecular formula is C15H30IN3O. The third-order valence-electron chi connectivity index (χ3n) is 4.21. The molecule has 0 aliphatic carbocycles. The lowest BCUT2D eigenvalue weighted by atomic mass is 10.0. The summed E-state index contributed by atoms with van der Waals surface area (Å²) in [5, 5.41) is 0. The Morgan fingerprint density at radius 2 is 2.15 bits per heavy atom. The Morgan fingerprint density at radius 1 is 1.30 bits per heavy atom. The Labute approximate surface area is 140 Å². The zero-order valence-electron chi connectivity index (χ0n) is 12.7. The molecular weight excluding hydrogens is 365 g/mol. The van der Waals surface area contributed by atoms with Gasteiger partial charge in [-0.2, -0.15) is 0 Å². The van der Waals surface area contributed by atoms with E-state index in [0.717, 1.165) is 51.0 Å². The number of ether oxygens (including phenoxy) is 1. The summed E-state index contributed by atoms with van der Waals surface area (Å²) in [6.45, 7) is 6.23. The van der Waals surface area contributed by atoms with Crippen molar-refractivity contribution in [3.05, 3.63) is 0 Å². The fourth-order valence-corrected chi connectivity index (χ4v) is 3.05. The van der Waals surface area contributed by atoms with Gasteiger partial charge in [-0.25, -0.2) is 0 Å². The van der Waals surface area contributed by atoms with Crippen molar-refractivity contribution in [3.8, 4) is 0 Å². The number of guanidine groups is 1. The Morgan fingerprint density at radius 3 is 2.85 bits per heavy atom. The lowest BCUT2D eigenvalue weighted by Gasteiger charge is -2.31. The van der Waals surface area contributed by atoms with Crippen molar-refractivity contribution < 1.29 is 4.74 Å². The lowest BCUT2D eigenvalue weighted by molar-refractivity contribution is 0.0105. The zero-order valence-corrected chi connectivity index (χ0v) is 15.1. The Kier molecular flexibility index (Phi) is 8.84. The van der Waals surface area contributed by atoms with E-state index in [1.807, 2.05) is 0 Å². The van der Waals surface area contributed by atoms with Crippen LogP contribution in [0.15, 0.2) is 4.99 Å². The van der Waals surface area contributed by atoms with Gasteiger partial charge in [-0.1, -0.05) is 6.92 Å². The van der Waals surface area contributed by atoms with E-state index in [9.17, 15) is 0 Å². The van der Waals surface area contributed by atoms with Gasteiger partial charge in [0, 0.05) is 26.2 Å². The minimum atomic E-state index is 0. The van der Waals surface area contributed by atoms with Crippen LogP contribution in [0.4, 0.5) is 0 Å². The maximum atomic E-state index is 6.07. The van der Waals surface area contributed by atoms with Gasteiger partial charge < -0.3 is 15.4 Å². The summed E-state index contributed by atoms with van der Waals surface area (Å²) in [6.07, 6.45) is 9.04. The molecule has 20 heavy (non-hydrogen) atoms. The van der Waals surface area contributed by atoms with Crippen LogP contribution < -0.4 is 5.73 Å². The Hall–Kier alpha value is -0.0400. The van der Waals surface area contributed by atoms with Crippen molar-refractivity contribution in [2.75, 3.05) is 26.2 Å². The van der Waals surface area contributed by atoms with E-state index in [4.69, 9.17) is 10.5 Å². The molecule has 2 fully saturated rings. The minimum Gasteiger partial charge on any atom is -0.378 e. The van der Waals surface area contributed by atoms with E-state index in [1.165, 1.54) is 32.1 Å². The molecule has 0 aromatic rings. The van der Waals surface area contributed by atoms with Crippen molar-refractivity contribution in [3.63, 3.8) is 0 Å². The fourth-order valence-electron chi connectivity index (χ4n) is 3.05. The second-order valence-electron chi connectivity index (χ2n) is 6.06. The molecule has 2 heterocycles. The summed E-state index contributed by atoms with van der Waals surface area (Å²) in [6, 6.07) is 0. The van der Waals surface area contributed by atoms with Crippen LogP contribution in [0.3, 0.4) is 0 Å². The fraction of sp³-hybridized carbons (Fsp3) is 0.933. The van der Waals surface area contributed by atoms with E-state index < -0.39 is 0 Å². The van der Waals surface area contributed by atoms with Gasteiger partial charge in [0.1, 0.15) is 0 Å². The highest BCUT2D eigenvalue weighted by Crippen LogP contribution is 2.17. The van der Waals surface area contributed by atoms with Gasteiger partial charge in [0.05, 0.1) is 6.10 Å². The van der Waals surface area contributed by atoms with Crippen LogP contribution in [0.2, 0.25) is 0 Å². The molecule has 0 aromatic heterocycles. The third kappa shape index (κ3) is 6.16. The molecule has 0 amide bonds. The molecule has 2 aliphatic heterocycles. The van der Waals surface area contributed by atoms with Gasteiger partial charge >= 0.3 is 0 Å². The SMILES string of the molecule is CC1CCCN(C(N)=NCCCC2CCCCO2)C1.I. The average molecular weight is 395 g/mol. The summed E-state index contributed by atoms with van der Waals surface area (Å²) >= 11 is 0. The summed E-state index contributed by atoms with van der Waals surface area (Å²) in [5.41, 5.74) is 6.07. The number of likely N-dealkylation sites (tertiary alicyclic amines) is 1. The summed E-state index contributed by atoms with van der Waals surface area (Å²) in [7, 11) is 0. The smallest absolute Gasteiger partial charge is 0.191 e. The van der Waals surface area contributed by atoms with Gasteiger partial charge in [0.25, 0.3) is 0 Å². The van der Waals surface area contributed by atoms with Crippen LogP contribution >= 0.6 is 24.0 Å². The number of halogens is 1. The van der Waals surface area contributed by atoms with Gasteiger partial charge in [-0.05, 0) is 50.9 Å². The summed E-state index contributed by atoms with van der Waals surface area (Å²) < 4.78 is 5.73. The average Bonchev–Trinajstić information content (AvgIpc) is 2.44. The van der Waals surface area contributed by atoms with Crippen LogP contribution in [0, 0.1) is 5.92 Å². The van der Waals surface area contributed by atoms with Gasteiger partial charge in [-0.15, -0.1) is 24.0 Å². The molecule has 2 unspecified atom stereocenters. The summed E-state index contributed by atoms with van der Waals surface area (Å²) in [4.78, 5) is 6.77. The molecule has 2 aliphatic rings. The maximum absolute atomic E-state index is 6.07. The summed E-state index contributed by atoms with van der Waals surface area (Å²) in [5.74, 6) is 1.49. The first-order valence-corrected chi connectivity index (χ1v) is 7.92. The van der Waals surface area contributed by atoms with Crippen molar-refractivity contribution in [2.45, 2.75) is 58.0 Å². The number of piperidine rings is 1. The minimum absolute atomic E-state index is 0. The van der Waals surface area contributed by atoms with E-state index in [1.54, 1.807) is 0 Å². The van der Waals surface area contributed by atoms with Crippen molar-refractivity contribution in [1.29, 1.82) is 0 Å². The molecule has 2 rings (SSSR count). The van der Waals surface area contributed by atoms with E-state index >= 15 is 0 Å². The first kappa shape index (κ1) is 18.0. The van der Waals surface area contributed by atoms with Gasteiger partial charge in [0.2, 0.25) is 0 Å². The predicted molar refractivity (Wildman–Crippen MR) is 94.7 cm³/mol. The molecule has 0 radical (unpaired) electrons. The quantitative estimate of drug-likeness (QED) is 0.345. The number of hydrogen-bond donors (Lipinski definition) is 1. The van der Waals surface area contributed by atoms with E-state index in [0.29, 0.717) is 6.10 Å². The number of aliphatic imine (C=N–C) groups is 1. The molecule has 2 atom stereocenters. The van der Waals surface area contributed by atoms with Gasteiger partial charge in [0.15, 0.2) is 5.96 Å². The Bertz CT molecular complexity index is 293. The number of hydrogen-bond acceptors (Lipinski definition) is 2. The van der Waals surface area contributed by atoms with Crippen molar-refractivity contribution in [2.24, 2.45) is 16.6 Å². The maximum Gasteiger partial charge on any atom is 0.191 e. The molecule has 118 valence electrons. The van der Waals surface area contributed by atoms with Crippen LogP contribution in [0.1, 0.15) is 51.9 Å². The first-order chi connectivity index (χ1) is 9.25. The second-order valence-corrected chi connectivity index (χ2v) is 6.06.